The predicted octanol–water partition coefficient (Wildman–Crippen LogP) is 2.58. The molecule has 0 spiro atoms. The van der Waals surface area contributed by atoms with E-state index < -0.39 is 0 Å². The molecule has 98 valence electrons. The molecule has 4 nitrogen and oxygen atoms in total. The summed E-state index contributed by atoms with van der Waals surface area (Å²) in [5.74, 6) is 0.619. The molecule has 0 aliphatic rings. The Morgan fingerprint density at radius 1 is 1.26 bits per heavy atom. The third kappa shape index (κ3) is 3.10. The first kappa shape index (κ1) is 13.1. The lowest BCUT2D eigenvalue weighted by atomic mass is 10.1. The average molecular weight is 256 g/mol. The van der Waals surface area contributed by atoms with Crippen molar-refractivity contribution < 1.29 is 9.53 Å². The second kappa shape index (κ2) is 6.00. The van der Waals surface area contributed by atoms with Crippen LogP contribution in [0.1, 0.15) is 28.9 Å². The van der Waals surface area contributed by atoms with Gasteiger partial charge in [0.15, 0.2) is 0 Å². The Morgan fingerprint density at radius 2 is 2.05 bits per heavy atom. The van der Waals surface area contributed by atoms with Crippen LogP contribution in [0.5, 0.6) is 5.75 Å². The van der Waals surface area contributed by atoms with Crippen LogP contribution in [0, 0.1) is 0 Å². The molecule has 1 N–H and O–H groups in total. The quantitative estimate of drug-likeness (QED) is 0.914. The van der Waals surface area contributed by atoms with E-state index >= 15 is 0 Å². The first-order chi connectivity index (χ1) is 9.22. The minimum Gasteiger partial charge on any atom is -0.496 e. The average Bonchev–Trinajstić information content (AvgIpc) is 2.48. The number of carbonyl (C=O) groups is 1. The number of carbonyl (C=O) groups excluding carboxylic acids is 1. The fourth-order valence-corrected chi connectivity index (χ4v) is 1.88. The molecular weight excluding hydrogens is 240 g/mol. The lowest BCUT2D eigenvalue weighted by molar-refractivity contribution is 0.0939. The molecule has 0 bridgehead atoms. The zero-order chi connectivity index (χ0) is 13.7. The van der Waals surface area contributed by atoms with Gasteiger partial charge in [-0.2, -0.15) is 0 Å². The lowest BCUT2D eigenvalue weighted by Gasteiger charge is -2.17. The molecule has 19 heavy (non-hydrogen) atoms. The maximum Gasteiger partial charge on any atom is 0.253 e. The van der Waals surface area contributed by atoms with Crippen molar-refractivity contribution in [2.45, 2.75) is 13.0 Å². The highest BCUT2D eigenvalue weighted by Crippen LogP contribution is 2.24. The minimum absolute atomic E-state index is 0.135. The van der Waals surface area contributed by atoms with Gasteiger partial charge in [-0.1, -0.05) is 18.2 Å². The van der Waals surface area contributed by atoms with Crippen molar-refractivity contribution in [3.8, 4) is 5.75 Å². The van der Waals surface area contributed by atoms with Gasteiger partial charge in [-0.15, -0.1) is 0 Å². The molecule has 0 fully saturated rings. The molecule has 0 aliphatic carbocycles. The van der Waals surface area contributed by atoms with Gasteiger partial charge in [-0.3, -0.25) is 9.78 Å². The number of nitrogens with one attached hydrogen (secondary N) is 1. The molecule has 0 aliphatic heterocycles. The Hall–Kier alpha value is -2.36. The Labute approximate surface area is 112 Å². The van der Waals surface area contributed by atoms with Crippen molar-refractivity contribution in [1.29, 1.82) is 0 Å². The first-order valence-electron chi connectivity index (χ1n) is 6.06. The van der Waals surface area contributed by atoms with Crippen LogP contribution in [0.2, 0.25) is 0 Å². The van der Waals surface area contributed by atoms with E-state index in [1.165, 1.54) is 0 Å². The Morgan fingerprint density at radius 3 is 2.74 bits per heavy atom. The fraction of sp³-hybridized carbons (Fsp3) is 0.200. The number of rotatable bonds is 4. The number of hydrogen-bond acceptors (Lipinski definition) is 3. The Balaban J connectivity index is 2.13. The van der Waals surface area contributed by atoms with E-state index in [1.807, 2.05) is 31.2 Å². The van der Waals surface area contributed by atoms with Gasteiger partial charge in [0.2, 0.25) is 0 Å². The molecule has 0 saturated heterocycles. The van der Waals surface area contributed by atoms with Crippen LogP contribution < -0.4 is 10.1 Å². The highest BCUT2D eigenvalue weighted by Gasteiger charge is 2.14. The van der Waals surface area contributed by atoms with Crippen LogP contribution in [0.15, 0.2) is 48.8 Å². The highest BCUT2D eigenvalue weighted by molar-refractivity contribution is 5.94. The number of benzene rings is 1. The number of methoxy groups -OCH3 is 1. The summed E-state index contributed by atoms with van der Waals surface area (Å²) in [5, 5.41) is 2.93. The van der Waals surface area contributed by atoms with Gasteiger partial charge in [0, 0.05) is 18.0 Å². The molecule has 2 aromatic rings. The summed E-state index contributed by atoms with van der Waals surface area (Å²) < 4.78 is 5.29. The summed E-state index contributed by atoms with van der Waals surface area (Å²) in [6.45, 7) is 1.92. The van der Waals surface area contributed by atoms with Crippen LogP contribution in [0.4, 0.5) is 0 Å². The third-order valence-electron chi connectivity index (χ3n) is 2.88. The van der Waals surface area contributed by atoms with Crippen molar-refractivity contribution >= 4 is 5.91 Å². The van der Waals surface area contributed by atoms with Gasteiger partial charge in [0.05, 0.1) is 18.7 Å². The summed E-state index contributed by atoms with van der Waals surface area (Å²) in [4.78, 5) is 16.0. The zero-order valence-electron chi connectivity index (χ0n) is 11.0. The predicted molar refractivity (Wildman–Crippen MR) is 73.1 cm³/mol. The van der Waals surface area contributed by atoms with E-state index in [2.05, 4.69) is 10.3 Å². The molecule has 0 unspecified atom stereocenters. The minimum atomic E-state index is -0.147. The number of hydrogen-bond donors (Lipinski definition) is 1. The molecule has 4 heteroatoms. The normalized spacial score (nSPS) is 11.7. The van der Waals surface area contributed by atoms with Crippen molar-refractivity contribution in [2.24, 2.45) is 0 Å². The molecule has 1 heterocycles. The molecule has 1 aromatic heterocycles. The summed E-state index contributed by atoms with van der Waals surface area (Å²) in [5.41, 5.74) is 1.49. The van der Waals surface area contributed by atoms with Crippen molar-refractivity contribution in [2.75, 3.05) is 7.11 Å². The van der Waals surface area contributed by atoms with Crippen LogP contribution in [-0.2, 0) is 0 Å². The van der Waals surface area contributed by atoms with Gasteiger partial charge >= 0.3 is 0 Å². The molecule has 1 amide bonds. The van der Waals surface area contributed by atoms with E-state index in [-0.39, 0.29) is 11.9 Å². The number of para-hydroxylation sites is 1. The Kier molecular flexibility index (Phi) is 4.13. The number of aromatic nitrogens is 1. The summed E-state index contributed by atoms with van der Waals surface area (Å²) in [7, 11) is 1.62. The second-order valence-corrected chi connectivity index (χ2v) is 4.18. The standard InChI is InChI=1S/C15H16N2O2/c1-11(13-7-3-4-8-14(13)19-2)17-15(18)12-6-5-9-16-10-12/h3-11H,1-2H3,(H,17,18)/t11-/m0/s1. The van der Waals surface area contributed by atoms with Crippen molar-refractivity contribution in [3.63, 3.8) is 0 Å². The first-order valence-corrected chi connectivity index (χ1v) is 6.06. The van der Waals surface area contributed by atoms with E-state index in [4.69, 9.17) is 4.74 Å². The van der Waals surface area contributed by atoms with Gasteiger partial charge in [0.1, 0.15) is 5.75 Å². The van der Waals surface area contributed by atoms with Gasteiger partial charge < -0.3 is 10.1 Å². The number of nitrogens with zero attached hydrogens (tertiary/aromatic N) is 1. The molecule has 1 atom stereocenters. The van der Waals surface area contributed by atoms with E-state index in [1.54, 1.807) is 31.6 Å². The molecule has 2 rings (SSSR count). The SMILES string of the molecule is COc1ccccc1[C@H](C)NC(=O)c1cccnc1. The molecule has 0 radical (unpaired) electrons. The van der Waals surface area contributed by atoms with Crippen LogP contribution in [0.25, 0.3) is 0 Å². The number of ether oxygens (including phenoxy) is 1. The summed E-state index contributed by atoms with van der Waals surface area (Å²) >= 11 is 0. The van der Waals surface area contributed by atoms with Crippen LogP contribution >= 0.6 is 0 Å². The molecule has 0 saturated carbocycles. The van der Waals surface area contributed by atoms with Crippen LogP contribution in [-0.4, -0.2) is 18.0 Å². The topological polar surface area (TPSA) is 51.2 Å². The maximum atomic E-state index is 12.0. The number of amides is 1. The molecule has 1 aromatic carbocycles. The maximum absolute atomic E-state index is 12.0. The van der Waals surface area contributed by atoms with Crippen LogP contribution in [0.3, 0.4) is 0 Å². The summed E-state index contributed by atoms with van der Waals surface area (Å²) in [6.07, 6.45) is 3.19. The monoisotopic (exact) mass is 256 g/mol. The second-order valence-electron chi connectivity index (χ2n) is 4.18. The highest BCUT2D eigenvalue weighted by atomic mass is 16.5. The molecular formula is C15H16N2O2. The number of pyridine rings is 1. The van der Waals surface area contributed by atoms with E-state index in [0.717, 1.165) is 11.3 Å². The zero-order valence-corrected chi connectivity index (χ0v) is 11.0. The Bertz CT molecular complexity index is 555. The summed E-state index contributed by atoms with van der Waals surface area (Å²) in [6, 6.07) is 11.0. The van der Waals surface area contributed by atoms with E-state index in [0.29, 0.717) is 5.56 Å². The smallest absolute Gasteiger partial charge is 0.253 e. The lowest BCUT2D eigenvalue weighted by Crippen LogP contribution is -2.26. The van der Waals surface area contributed by atoms with Crippen molar-refractivity contribution in [3.05, 3.63) is 59.9 Å². The fourth-order valence-electron chi connectivity index (χ4n) is 1.88. The third-order valence-corrected chi connectivity index (χ3v) is 2.88. The van der Waals surface area contributed by atoms with Gasteiger partial charge in [-0.25, -0.2) is 0 Å². The van der Waals surface area contributed by atoms with E-state index in [9.17, 15) is 4.79 Å². The van der Waals surface area contributed by atoms with Crippen molar-refractivity contribution in [1.82, 2.24) is 10.3 Å². The van der Waals surface area contributed by atoms with Gasteiger partial charge in [-0.05, 0) is 25.1 Å². The largest absolute Gasteiger partial charge is 0.496 e. The van der Waals surface area contributed by atoms with Gasteiger partial charge in [0.25, 0.3) is 5.91 Å².